The maximum atomic E-state index is 5.71. The number of amidine groups is 1. The molecule has 13 aromatic carbocycles. The predicted octanol–water partition coefficient (Wildman–Crippen LogP) is 26.1. The third kappa shape index (κ3) is 10.1. The van der Waals surface area contributed by atoms with Gasteiger partial charge in [0.1, 0.15) is 5.84 Å². The molecule has 2 aliphatic heterocycles. The lowest BCUT2D eigenvalue weighted by Crippen LogP contribution is -2.22. The maximum absolute atomic E-state index is 5.71. The molecule has 7 nitrogen and oxygen atoms in total. The van der Waals surface area contributed by atoms with Crippen LogP contribution < -0.4 is 4.90 Å². The molecule has 1 unspecified atom stereocenters. The fraction of sp³-hybridized carbons (Fsp3) is 0.184. The average molecular weight is 1360 g/mol. The van der Waals surface area contributed by atoms with Crippen molar-refractivity contribution in [2.24, 2.45) is 4.99 Å². The summed E-state index contributed by atoms with van der Waals surface area (Å²) in [7, 11) is 0. The molecular formula is C98H85N7. The van der Waals surface area contributed by atoms with Crippen molar-refractivity contribution in [2.45, 2.75) is 118 Å². The van der Waals surface area contributed by atoms with Gasteiger partial charge in [0.05, 0.1) is 72.8 Å². The van der Waals surface area contributed by atoms with Gasteiger partial charge >= 0.3 is 0 Å². The number of fused-ring (bicyclic) bond motifs is 16. The number of aromatic nitrogens is 5. The first-order chi connectivity index (χ1) is 50.5. The second-order valence-electron chi connectivity index (χ2n) is 33.6. The highest BCUT2D eigenvalue weighted by atomic mass is 15.2. The van der Waals surface area contributed by atoms with E-state index >= 15 is 0 Å². The number of anilines is 2. The number of hydrogen-bond donors (Lipinski definition) is 0. The Kier molecular flexibility index (Phi) is 14.1. The van der Waals surface area contributed by atoms with Crippen LogP contribution in [0, 0.1) is 6.92 Å². The number of benzene rings is 13. The first-order valence-electron chi connectivity index (χ1n) is 37.2. The van der Waals surface area contributed by atoms with Gasteiger partial charge in [-0.25, -0.2) is 9.98 Å². The van der Waals surface area contributed by atoms with E-state index in [1.165, 1.54) is 66.1 Å². The second kappa shape index (κ2) is 23.1. The largest absolute Gasteiger partial charge is 0.309 e. The molecular weight excluding hydrogens is 1280 g/mol. The van der Waals surface area contributed by atoms with Crippen LogP contribution in [0.4, 0.5) is 17.1 Å². The van der Waals surface area contributed by atoms with Crippen LogP contribution >= 0.6 is 0 Å². The Labute approximate surface area is 614 Å². The molecule has 0 N–H and O–H groups in total. The third-order valence-electron chi connectivity index (χ3n) is 22.8. The molecule has 0 fully saturated rings. The van der Waals surface area contributed by atoms with Gasteiger partial charge in [0.25, 0.3) is 0 Å². The Hall–Kier alpha value is -11.8. The van der Waals surface area contributed by atoms with Crippen molar-refractivity contribution in [3.63, 3.8) is 0 Å². The van der Waals surface area contributed by atoms with Gasteiger partial charge in [-0.15, -0.1) is 0 Å². The van der Waals surface area contributed by atoms with Gasteiger partial charge in [-0.05, 0) is 228 Å². The Morgan fingerprint density at radius 3 is 1.21 bits per heavy atom. The van der Waals surface area contributed by atoms with Crippen LogP contribution in [0.25, 0.3) is 133 Å². The standard InChI is InChI=1S/C98H85N7/c1-59-90(64-34-42-78-76(51-64)92-77-50-62(60-26-18-14-19-27-60)36-44-84(77)101(93(92)99-78)70-30-22-16-23-31-70)88(103-80-46-38-66(95(2,3)4)54-72(80)73-55-67(96(5,6)7)39-47-81(73)103)58-89(104-82-48-40-68(97(8,9)10)56-74(82)75-57-69(98(11,12)13)41-49-83(75)104)91(59)65-35-43-79-86(53-65)105-87-52-63(61-28-20-15-21-29-61)37-45-85(87)102(94(105)100-79)71-32-24-17-25-33-71/h14-58,92H,1-13H3. The number of para-hydroxylation sites is 2. The van der Waals surface area contributed by atoms with E-state index in [9.17, 15) is 0 Å². The molecule has 0 bridgehead atoms. The molecule has 0 saturated heterocycles. The smallest absolute Gasteiger partial charge is 0.220 e. The summed E-state index contributed by atoms with van der Waals surface area (Å²) in [5, 5.41) is 4.95. The van der Waals surface area contributed by atoms with E-state index in [2.05, 4.69) is 386 Å². The topological polar surface area (TPSA) is 47.7 Å². The molecule has 1 atom stereocenters. The van der Waals surface area contributed by atoms with Crippen molar-refractivity contribution in [1.82, 2.24) is 23.1 Å². The van der Waals surface area contributed by atoms with Gasteiger partial charge in [0.15, 0.2) is 0 Å². The highest BCUT2D eigenvalue weighted by molar-refractivity contribution is 6.19. The average Bonchev–Trinajstić information content (AvgIpc) is 1.60. The predicted molar refractivity (Wildman–Crippen MR) is 443 cm³/mol. The van der Waals surface area contributed by atoms with Crippen molar-refractivity contribution in [3.8, 4) is 61.6 Å². The van der Waals surface area contributed by atoms with E-state index in [1.54, 1.807) is 0 Å². The summed E-state index contributed by atoms with van der Waals surface area (Å²) in [5.74, 6) is 1.74. The van der Waals surface area contributed by atoms with Crippen LogP contribution in [0.15, 0.2) is 278 Å². The quantitative estimate of drug-likeness (QED) is 0.152. The van der Waals surface area contributed by atoms with Crippen molar-refractivity contribution in [3.05, 3.63) is 312 Å². The fourth-order valence-corrected chi connectivity index (χ4v) is 17.2. The summed E-state index contributed by atoms with van der Waals surface area (Å²) >= 11 is 0. The molecule has 4 aromatic heterocycles. The molecule has 105 heavy (non-hydrogen) atoms. The lowest BCUT2D eigenvalue weighted by Gasteiger charge is -2.25. The van der Waals surface area contributed by atoms with Gasteiger partial charge in [0.2, 0.25) is 5.78 Å². The molecule has 0 radical (unpaired) electrons. The highest BCUT2D eigenvalue weighted by Crippen LogP contribution is 2.55. The molecule has 2 aliphatic rings. The van der Waals surface area contributed by atoms with E-state index < -0.39 is 0 Å². The van der Waals surface area contributed by atoms with Crippen LogP contribution in [0.5, 0.6) is 0 Å². The first-order valence-corrected chi connectivity index (χ1v) is 37.2. The lowest BCUT2D eigenvalue weighted by molar-refractivity contribution is 0.590. The van der Waals surface area contributed by atoms with E-state index in [-0.39, 0.29) is 27.6 Å². The Bertz CT molecular complexity index is 6340. The Morgan fingerprint density at radius 1 is 0.305 bits per heavy atom. The van der Waals surface area contributed by atoms with Gasteiger partial charge in [-0.3, -0.25) is 13.9 Å². The monoisotopic (exact) mass is 1360 g/mol. The molecule has 0 saturated carbocycles. The first kappa shape index (κ1) is 64.1. The van der Waals surface area contributed by atoms with Crippen molar-refractivity contribution in [1.29, 1.82) is 0 Å². The normalized spacial score (nSPS) is 14.1. The van der Waals surface area contributed by atoms with Crippen molar-refractivity contribution < 1.29 is 0 Å². The van der Waals surface area contributed by atoms with Crippen LogP contribution in [-0.2, 0) is 21.7 Å². The van der Waals surface area contributed by atoms with Gasteiger partial charge in [-0.2, -0.15) is 0 Å². The molecule has 7 heteroatoms. The summed E-state index contributed by atoms with van der Waals surface area (Å²) in [4.78, 5) is 13.7. The SMILES string of the molecule is Cc1c(-c2ccc3c(c2)C2C(=N3)N(c3ccccc3)c3ccc(-c4ccccc4)cc32)c(-n2c3ccc(C(C)(C)C)cc3c3cc(C(C)(C)C)ccc32)cc(-n2c3ccc(C(C)(C)C)cc3c3cc(C(C)(C)C)ccc32)c1-c1ccc2nc3n(-c4ccccc4)c4ccc(-c5ccccc5)cc4n3c2c1. The summed E-state index contributed by atoms with van der Waals surface area (Å²) in [6.45, 7) is 30.5. The number of nitrogens with zero attached hydrogens (tertiary/aromatic N) is 7. The highest BCUT2D eigenvalue weighted by Gasteiger charge is 2.43. The zero-order chi connectivity index (χ0) is 71.9. The Balaban J connectivity index is 0.958. The van der Waals surface area contributed by atoms with Crippen molar-refractivity contribution in [2.75, 3.05) is 4.90 Å². The third-order valence-corrected chi connectivity index (χ3v) is 22.8. The number of hydrogen-bond acceptors (Lipinski definition) is 3. The van der Waals surface area contributed by atoms with Crippen LogP contribution in [0.1, 0.15) is 128 Å². The van der Waals surface area contributed by atoms with Crippen LogP contribution in [-0.4, -0.2) is 28.9 Å². The maximum Gasteiger partial charge on any atom is 0.220 e. The molecule has 19 rings (SSSR count). The minimum atomic E-state index is -0.137. The molecule has 6 heterocycles. The van der Waals surface area contributed by atoms with E-state index in [0.717, 1.165) is 129 Å². The van der Waals surface area contributed by atoms with E-state index in [1.807, 2.05) is 0 Å². The van der Waals surface area contributed by atoms with Crippen LogP contribution in [0.2, 0.25) is 0 Å². The number of imidazole rings is 2. The number of rotatable bonds is 8. The zero-order valence-corrected chi connectivity index (χ0v) is 62.2. The molecule has 0 spiro atoms. The second-order valence-corrected chi connectivity index (χ2v) is 33.6. The number of aliphatic imine (C=N–C) groups is 1. The summed E-state index contributed by atoms with van der Waals surface area (Å²) in [6.07, 6.45) is 0. The van der Waals surface area contributed by atoms with E-state index in [4.69, 9.17) is 9.98 Å². The molecule has 17 aromatic rings. The lowest BCUT2D eigenvalue weighted by atomic mass is 9.85. The van der Waals surface area contributed by atoms with E-state index in [0.29, 0.717) is 0 Å². The van der Waals surface area contributed by atoms with Gasteiger partial charge in [0, 0.05) is 44.0 Å². The molecule has 0 aliphatic carbocycles. The van der Waals surface area contributed by atoms with Gasteiger partial charge in [-0.1, -0.05) is 229 Å². The fourth-order valence-electron chi connectivity index (χ4n) is 17.2. The zero-order valence-electron chi connectivity index (χ0n) is 62.2. The van der Waals surface area contributed by atoms with Crippen molar-refractivity contribution >= 4 is 94.4 Å². The Morgan fingerprint density at radius 2 is 0.714 bits per heavy atom. The summed E-state index contributed by atoms with van der Waals surface area (Å²) in [5.41, 5.74) is 32.8. The summed E-state index contributed by atoms with van der Waals surface area (Å²) in [6, 6.07) is 103. The molecule has 512 valence electrons. The van der Waals surface area contributed by atoms with Crippen LogP contribution in [0.3, 0.4) is 0 Å². The minimum absolute atomic E-state index is 0.0952. The molecule has 0 amide bonds. The minimum Gasteiger partial charge on any atom is -0.309 e. The van der Waals surface area contributed by atoms with Gasteiger partial charge < -0.3 is 9.13 Å². The summed E-state index contributed by atoms with van der Waals surface area (Å²) < 4.78 is 9.98.